The van der Waals surface area contributed by atoms with Gasteiger partial charge in [0.1, 0.15) is 0 Å². The molecule has 2 N–H and O–H groups in total. The largest absolute Gasteiger partial charge is 0.366 e. The van der Waals surface area contributed by atoms with E-state index in [1.165, 1.54) is 24.3 Å². The van der Waals surface area contributed by atoms with Crippen molar-refractivity contribution in [1.29, 1.82) is 0 Å². The van der Waals surface area contributed by atoms with Crippen LogP contribution in [0.3, 0.4) is 0 Å². The maximum atomic E-state index is 10.6. The Hall–Kier alpha value is -1.91. The summed E-state index contributed by atoms with van der Waals surface area (Å²) in [6, 6.07) is 5.98. The van der Waals surface area contributed by atoms with Crippen molar-refractivity contribution < 1.29 is 9.72 Å². The van der Waals surface area contributed by atoms with Gasteiger partial charge in [0.05, 0.1) is 0 Å². The molecule has 0 unspecified atom stereocenters. The number of amides is 1. The minimum atomic E-state index is -0.535. The Morgan fingerprint density at radius 1 is 1.38 bits per heavy atom. The summed E-state index contributed by atoms with van der Waals surface area (Å²) < 4.78 is 0. The van der Waals surface area contributed by atoms with Crippen molar-refractivity contribution in [3.05, 3.63) is 45.5 Å². The van der Waals surface area contributed by atoms with E-state index >= 15 is 0 Å². The van der Waals surface area contributed by atoms with E-state index in [4.69, 9.17) is 5.73 Å². The number of nitrogens with two attached hydrogens (primary N) is 1. The van der Waals surface area contributed by atoms with Crippen LogP contribution < -0.4 is 5.73 Å². The molecule has 0 aliphatic carbocycles. The first-order valence-electron chi connectivity index (χ1n) is 3.60. The van der Waals surface area contributed by atoms with Gasteiger partial charge in [-0.3, -0.25) is 14.9 Å². The van der Waals surface area contributed by atoms with Crippen LogP contribution in [0, 0.1) is 10.1 Å². The van der Waals surface area contributed by atoms with Gasteiger partial charge in [0.2, 0.25) is 12.5 Å². The van der Waals surface area contributed by atoms with Gasteiger partial charge in [0.15, 0.2) is 0 Å². The lowest BCUT2D eigenvalue weighted by Crippen LogP contribution is -2.10. The molecule has 0 fully saturated rings. The van der Waals surface area contributed by atoms with E-state index in [-0.39, 0.29) is 6.54 Å². The molecule has 0 aromatic heterocycles. The molecule has 0 saturated carbocycles. The van der Waals surface area contributed by atoms with E-state index < -0.39 is 10.8 Å². The van der Waals surface area contributed by atoms with Crippen LogP contribution in [0.4, 0.5) is 0 Å². The van der Waals surface area contributed by atoms with E-state index in [1.54, 1.807) is 0 Å². The van der Waals surface area contributed by atoms with Gasteiger partial charge < -0.3 is 5.73 Å². The fraction of sp³-hybridized carbons (Fsp3) is 0.125. The first-order valence-corrected chi connectivity index (χ1v) is 3.60. The zero-order valence-corrected chi connectivity index (χ0v) is 6.77. The zero-order valence-electron chi connectivity index (χ0n) is 6.77. The highest BCUT2D eigenvalue weighted by Gasteiger charge is 2.03. The highest BCUT2D eigenvalue weighted by Crippen LogP contribution is 2.04. The predicted octanol–water partition coefficient (Wildman–Crippen LogP) is 0.562. The van der Waals surface area contributed by atoms with Gasteiger partial charge >= 0.3 is 0 Å². The molecule has 0 heterocycles. The van der Waals surface area contributed by atoms with Gasteiger partial charge in [0, 0.05) is 16.1 Å². The molecular formula is C8H8N2O3. The minimum Gasteiger partial charge on any atom is -0.366 e. The molecule has 1 amide bonds. The molecule has 0 atom stereocenters. The van der Waals surface area contributed by atoms with E-state index in [2.05, 4.69) is 0 Å². The summed E-state index contributed by atoms with van der Waals surface area (Å²) in [4.78, 5) is 20.3. The summed E-state index contributed by atoms with van der Waals surface area (Å²) in [7, 11) is 0. The summed E-state index contributed by atoms with van der Waals surface area (Å²) in [5.41, 5.74) is 5.90. The standard InChI is InChI=1S/C8H8N2O3/c9-8(11)7-3-1-6(2-4-7)5-10(12)13/h1-4H,5H2,(H2,9,11). The first kappa shape index (κ1) is 9.18. The maximum absolute atomic E-state index is 10.6. The van der Waals surface area contributed by atoms with Crippen molar-refractivity contribution in [2.24, 2.45) is 5.73 Å². The minimum absolute atomic E-state index is 0.237. The number of benzene rings is 1. The van der Waals surface area contributed by atoms with Crippen molar-refractivity contribution in [2.75, 3.05) is 0 Å². The summed E-state index contributed by atoms with van der Waals surface area (Å²) in [6.07, 6.45) is 0. The highest BCUT2D eigenvalue weighted by molar-refractivity contribution is 5.92. The lowest BCUT2D eigenvalue weighted by Gasteiger charge is -1.96. The number of nitro groups is 1. The van der Waals surface area contributed by atoms with Crippen molar-refractivity contribution in [1.82, 2.24) is 0 Å². The number of rotatable bonds is 3. The van der Waals surface area contributed by atoms with Gasteiger partial charge in [-0.1, -0.05) is 12.1 Å². The van der Waals surface area contributed by atoms with Crippen LogP contribution in [-0.2, 0) is 6.54 Å². The lowest BCUT2D eigenvalue weighted by molar-refractivity contribution is -0.496. The Bertz CT molecular complexity index is 332. The predicted molar refractivity (Wildman–Crippen MR) is 45.7 cm³/mol. The first-order chi connectivity index (χ1) is 6.09. The van der Waals surface area contributed by atoms with Crippen LogP contribution >= 0.6 is 0 Å². The summed E-state index contributed by atoms with van der Waals surface area (Å²) >= 11 is 0. The lowest BCUT2D eigenvalue weighted by atomic mass is 10.1. The second-order valence-corrected chi connectivity index (χ2v) is 2.55. The van der Waals surface area contributed by atoms with E-state index in [0.29, 0.717) is 11.1 Å². The van der Waals surface area contributed by atoms with Crippen LogP contribution in [0.5, 0.6) is 0 Å². The average Bonchev–Trinajstić information content (AvgIpc) is 2.04. The monoisotopic (exact) mass is 180 g/mol. The molecule has 1 aromatic carbocycles. The molecular weight excluding hydrogens is 172 g/mol. The van der Waals surface area contributed by atoms with E-state index in [1.807, 2.05) is 0 Å². The Balaban J connectivity index is 2.81. The smallest absolute Gasteiger partial charge is 0.248 e. The van der Waals surface area contributed by atoms with Crippen LogP contribution in [-0.4, -0.2) is 10.8 Å². The topological polar surface area (TPSA) is 86.2 Å². The highest BCUT2D eigenvalue weighted by atomic mass is 16.6. The van der Waals surface area contributed by atoms with Gasteiger partial charge in [-0.15, -0.1) is 0 Å². The molecule has 13 heavy (non-hydrogen) atoms. The molecule has 68 valence electrons. The molecule has 5 heteroatoms. The van der Waals surface area contributed by atoms with Crippen LogP contribution in [0.1, 0.15) is 15.9 Å². The second-order valence-electron chi connectivity index (χ2n) is 2.55. The second kappa shape index (κ2) is 3.66. The quantitative estimate of drug-likeness (QED) is 0.544. The molecule has 0 saturated heterocycles. The number of hydrogen-bond donors (Lipinski definition) is 1. The Morgan fingerprint density at radius 2 is 1.92 bits per heavy atom. The van der Waals surface area contributed by atoms with Gasteiger partial charge in [-0.05, 0) is 12.1 Å². The molecule has 5 nitrogen and oxygen atoms in total. The van der Waals surface area contributed by atoms with Gasteiger partial charge in [-0.2, -0.15) is 0 Å². The maximum Gasteiger partial charge on any atom is 0.248 e. The molecule has 0 aliphatic heterocycles. The fourth-order valence-corrected chi connectivity index (χ4v) is 0.923. The Morgan fingerprint density at radius 3 is 2.31 bits per heavy atom. The molecule has 0 aliphatic rings. The van der Waals surface area contributed by atoms with E-state index in [9.17, 15) is 14.9 Å². The number of carbonyl (C=O) groups is 1. The van der Waals surface area contributed by atoms with Gasteiger partial charge in [0.25, 0.3) is 0 Å². The molecule has 0 bridgehead atoms. The number of nitrogens with zero attached hydrogens (tertiary/aromatic N) is 1. The fourth-order valence-electron chi connectivity index (χ4n) is 0.923. The molecule has 1 aromatic rings. The van der Waals surface area contributed by atoms with Crippen LogP contribution in [0.15, 0.2) is 24.3 Å². The Labute approximate surface area is 74.3 Å². The number of hydrogen-bond acceptors (Lipinski definition) is 3. The van der Waals surface area contributed by atoms with Crippen molar-refractivity contribution >= 4 is 5.91 Å². The molecule has 0 spiro atoms. The number of primary amides is 1. The normalized spacial score (nSPS) is 9.54. The van der Waals surface area contributed by atoms with Crippen LogP contribution in [0.25, 0.3) is 0 Å². The summed E-state index contributed by atoms with van der Waals surface area (Å²) in [5, 5.41) is 10.1. The van der Waals surface area contributed by atoms with Crippen molar-refractivity contribution in [3.63, 3.8) is 0 Å². The van der Waals surface area contributed by atoms with Crippen molar-refractivity contribution in [2.45, 2.75) is 6.54 Å². The average molecular weight is 180 g/mol. The van der Waals surface area contributed by atoms with Crippen LogP contribution in [0.2, 0.25) is 0 Å². The third kappa shape index (κ3) is 2.55. The number of carbonyl (C=O) groups excluding carboxylic acids is 1. The molecule has 1 rings (SSSR count). The van der Waals surface area contributed by atoms with Gasteiger partial charge in [-0.25, -0.2) is 0 Å². The van der Waals surface area contributed by atoms with Crippen molar-refractivity contribution in [3.8, 4) is 0 Å². The van der Waals surface area contributed by atoms with E-state index in [0.717, 1.165) is 0 Å². The summed E-state index contributed by atoms with van der Waals surface area (Å²) in [5.74, 6) is -0.535. The third-order valence-corrected chi connectivity index (χ3v) is 1.55. The zero-order chi connectivity index (χ0) is 9.84. The molecule has 0 radical (unpaired) electrons. The SMILES string of the molecule is NC(=O)c1ccc(C[N+](=O)[O-])cc1. The third-order valence-electron chi connectivity index (χ3n) is 1.55. The Kier molecular flexibility index (Phi) is 2.59. The summed E-state index contributed by atoms with van der Waals surface area (Å²) in [6.45, 7) is -0.237.